The molecule has 0 heterocycles. The van der Waals surface area contributed by atoms with E-state index in [4.69, 9.17) is 16.3 Å². The first kappa shape index (κ1) is 13.3. The second-order valence-electron chi connectivity index (χ2n) is 3.14. The number of alkyl halides is 1. The van der Waals surface area contributed by atoms with Crippen LogP contribution in [0.5, 0.6) is 5.75 Å². The highest BCUT2D eigenvalue weighted by molar-refractivity contribution is 9.10. The number of hydrogen-bond donors (Lipinski definition) is 1. The van der Waals surface area contributed by atoms with Crippen molar-refractivity contribution in [2.24, 2.45) is 0 Å². The van der Waals surface area contributed by atoms with Gasteiger partial charge in [-0.25, -0.2) is 0 Å². The summed E-state index contributed by atoms with van der Waals surface area (Å²) in [5.41, 5.74) is 0.528. The van der Waals surface area contributed by atoms with Gasteiger partial charge in [0.15, 0.2) is 0 Å². The quantitative estimate of drug-likeness (QED) is 0.671. The van der Waals surface area contributed by atoms with Gasteiger partial charge in [-0.05, 0) is 24.6 Å². The van der Waals surface area contributed by atoms with E-state index in [1.54, 1.807) is 18.2 Å². The molecule has 0 aliphatic carbocycles. The van der Waals surface area contributed by atoms with E-state index >= 15 is 0 Å². The number of rotatable bonds is 5. The van der Waals surface area contributed by atoms with Crippen LogP contribution in [0.1, 0.15) is 16.8 Å². The molecule has 0 fully saturated rings. The van der Waals surface area contributed by atoms with Gasteiger partial charge in [0.1, 0.15) is 5.75 Å². The van der Waals surface area contributed by atoms with Crippen molar-refractivity contribution < 1.29 is 9.53 Å². The molecule has 1 aromatic carbocycles. The van der Waals surface area contributed by atoms with Crippen LogP contribution < -0.4 is 10.1 Å². The fourth-order valence-corrected chi connectivity index (χ4v) is 1.69. The summed E-state index contributed by atoms with van der Waals surface area (Å²) in [5.74, 6) is 0.949. The number of nitrogens with one attached hydrogen (secondary N) is 1. The minimum Gasteiger partial charge on any atom is -0.496 e. The molecule has 0 aromatic heterocycles. The average Bonchev–Trinajstić information content (AvgIpc) is 2.29. The Morgan fingerprint density at radius 1 is 1.56 bits per heavy atom. The monoisotopic (exact) mass is 305 g/mol. The molecule has 5 heteroatoms. The Morgan fingerprint density at radius 2 is 2.31 bits per heavy atom. The largest absolute Gasteiger partial charge is 0.496 e. The van der Waals surface area contributed by atoms with Crippen LogP contribution in [0.2, 0.25) is 0 Å². The lowest BCUT2D eigenvalue weighted by Crippen LogP contribution is -2.25. The van der Waals surface area contributed by atoms with E-state index in [0.29, 0.717) is 23.7 Å². The van der Waals surface area contributed by atoms with Crippen molar-refractivity contribution in [1.82, 2.24) is 5.32 Å². The minimum atomic E-state index is -0.144. The van der Waals surface area contributed by atoms with E-state index in [1.807, 2.05) is 0 Å². The Kier molecular flexibility index (Phi) is 5.63. The molecule has 3 nitrogen and oxygen atoms in total. The van der Waals surface area contributed by atoms with Crippen molar-refractivity contribution in [2.75, 3.05) is 19.5 Å². The molecule has 16 heavy (non-hydrogen) atoms. The number of amides is 1. The molecule has 0 bridgehead atoms. The Labute approximate surface area is 108 Å². The summed E-state index contributed by atoms with van der Waals surface area (Å²) in [6, 6.07) is 5.29. The molecule has 0 spiro atoms. The molecule has 1 rings (SSSR count). The Morgan fingerprint density at radius 3 is 2.94 bits per heavy atom. The number of carbonyl (C=O) groups excluding carboxylic acids is 1. The van der Waals surface area contributed by atoms with Crippen LogP contribution in [0.4, 0.5) is 0 Å². The van der Waals surface area contributed by atoms with Crippen LogP contribution in [-0.2, 0) is 0 Å². The Balaban J connectivity index is 2.74. The highest BCUT2D eigenvalue weighted by Gasteiger charge is 2.11. The molecule has 1 aromatic rings. The molecule has 88 valence electrons. The van der Waals surface area contributed by atoms with Gasteiger partial charge in [0.25, 0.3) is 5.91 Å². The van der Waals surface area contributed by atoms with Crippen LogP contribution >= 0.6 is 27.5 Å². The van der Waals surface area contributed by atoms with Gasteiger partial charge in [0.2, 0.25) is 0 Å². The minimum absolute atomic E-state index is 0.144. The summed E-state index contributed by atoms with van der Waals surface area (Å²) in [6.07, 6.45) is 0.756. The topological polar surface area (TPSA) is 38.3 Å². The predicted molar refractivity (Wildman–Crippen MR) is 68.4 cm³/mol. The summed E-state index contributed by atoms with van der Waals surface area (Å²) in [4.78, 5) is 11.8. The van der Waals surface area contributed by atoms with Gasteiger partial charge in [-0.15, -0.1) is 11.6 Å². The maximum Gasteiger partial charge on any atom is 0.255 e. The molecule has 1 N–H and O–H groups in total. The summed E-state index contributed by atoms with van der Waals surface area (Å²) in [7, 11) is 1.54. The second kappa shape index (κ2) is 6.76. The van der Waals surface area contributed by atoms with E-state index in [1.165, 1.54) is 7.11 Å². The van der Waals surface area contributed by atoms with Crippen molar-refractivity contribution in [3.05, 3.63) is 28.2 Å². The number of carbonyl (C=O) groups is 1. The van der Waals surface area contributed by atoms with Crippen molar-refractivity contribution in [2.45, 2.75) is 6.42 Å². The molecule has 0 saturated carbocycles. The molecular formula is C11H13BrClNO2. The van der Waals surface area contributed by atoms with E-state index in [-0.39, 0.29) is 5.91 Å². The van der Waals surface area contributed by atoms with Crippen molar-refractivity contribution >= 4 is 33.4 Å². The smallest absolute Gasteiger partial charge is 0.255 e. The summed E-state index contributed by atoms with van der Waals surface area (Å²) >= 11 is 8.85. The third-order valence-electron chi connectivity index (χ3n) is 2.00. The maximum absolute atomic E-state index is 11.8. The zero-order chi connectivity index (χ0) is 12.0. The van der Waals surface area contributed by atoms with Gasteiger partial charge >= 0.3 is 0 Å². The normalized spacial score (nSPS) is 9.94. The van der Waals surface area contributed by atoms with Crippen LogP contribution in [0.3, 0.4) is 0 Å². The first-order valence-electron chi connectivity index (χ1n) is 4.86. The van der Waals surface area contributed by atoms with Gasteiger partial charge in [-0.3, -0.25) is 4.79 Å². The number of methoxy groups -OCH3 is 1. The lowest BCUT2D eigenvalue weighted by atomic mass is 10.2. The standard InChI is InChI=1S/C11H13BrClNO2/c1-16-10-7-8(12)3-4-9(10)11(15)14-6-2-5-13/h3-4,7H,2,5-6H2,1H3,(H,14,15). The number of ether oxygens (including phenoxy) is 1. The third-order valence-corrected chi connectivity index (χ3v) is 2.76. The Bertz CT molecular complexity index is 371. The fourth-order valence-electron chi connectivity index (χ4n) is 1.22. The van der Waals surface area contributed by atoms with Gasteiger partial charge < -0.3 is 10.1 Å². The van der Waals surface area contributed by atoms with Gasteiger partial charge in [0.05, 0.1) is 12.7 Å². The molecular weight excluding hydrogens is 293 g/mol. The van der Waals surface area contributed by atoms with Crippen LogP contribution in [0.25, 0.3) is 0 Å². The molecule has 1 amide bonds. The van der Waals surface area contributed by atoms with Crippen molar-refractivity contribution in [3.8, 4) is 5.75 Å². The molecule has 0 unspecified atom stereocenters. The molecule has 0 aliphatic rings. The van der Waals surface area contributed by atoms with Gasteiger partial charge in [-0.1, -0.05) is 15.9 Å². The van der Waals surface area contributed by atoms with Crippen LogP contribution in [0, 0.1) is 0 Å². The van der Waals surface area contributed by atoms with E-state index in [2.05, 4.69) is 21.2 Å². The molecule has 0 aliphatic heterocycles. The number of halogens is 2. The van der Waals surface area contributed by atoms with Crippen molar-refractivity contribution in [3.63, 3.8) is 0 Å². The summed E-state index contributed by atoms with van der Waals surface area (Å²) in [5, 5.41) is 2.78. The number of benzene rings is 1. The second-order valence-corrected chi connectivity index (χ2v) is 4.44. The van der Waals surface area contributed by atoms with Crippen molar-refractivity contribution in [1.29, 1.82) is 0 Å². The highest BCUT2D eigenvalue weighted by atomic mass is 79.9. The van der Waals surface area contributed by atoms with Crippen LogP contribution in [0.15, 0.2) is 22.7 Å². The van der Waals surface area contributed by atoms with E-state index < -0.39 is 0 Å². The van der Waals surface area contributed by atoms with Gasteiger partial charge in [-0.2, -0.15) is 0 Å². The average molecular weight is 307 g/mol. The predicted octanol–water partition coefficient (Wildman–Crippen LogP) is 2.82. The Hall–Kier alpha value is -0.740. The summed E-state index contributed by atoms with van der Waals surface area (Å²) < 4.78 is 6.01. The summed E-state index contributed by atoms with van der Waals surface area (Å²) in [6.45, 7) is 0.571. The third kappa shape index (κ3) is 3.68. The zero-order valence-corrected chi connectivity index (χ0v) is 11.3. The zero-order valence-electron chi connectivity index (χ0n) is 8.93. The SMILES string of the molecule is COc1cc(Br)ccc1C(=O)NCCCCl. The lowest BCUT2D eigenvalue weighted by molar-refractivity contribution is 0.0951. The molecule has 0 radical (unpaired) electrons. The first-order valence-corrected chi connectivity index (χ1v) is 6.19. The maximum atomic E-state index is 11.8. The molecule has 0 atom stereocenters. The van der Waals surface area contributed by atoms with E-state index in [0.717, 1.165) is 10.9 Å². The lowest BCUT2D eigenvalue weighted by Gasteiger charge is -2.09. The fraction of sp³-hybridized carbons (Fsp3) is 0.364. The highest BCUT2D eigenvalue weighted by Crippen LogP contribution is 2.23. The van der Waals surface area contributed by atoms with E-state index in [9.17, 15) is 4.79 Å². The first-order chi connectivity index (χ1) is 7.69. The molecule has 0 saturated heterocycles. The number of hydrogen-bond acceptors (Lipinski definition) is 2. The van der Waals surface area contributed by atoms with Crippen LogP contribution in [-0.4, -0.2) is 25.4 Å². The van der Waals surface area contributed by atoms with Gasteiger partial charge in [0, 0.05) is 16.9 Å².